The Labute approximate surface area is 215 Å². The van der Waals surface area contributed by atoms with Crippen LogP contribution < -0.4 is 15.5 Å². The van der Waals surface area contributed by atoms with Gasteiger partial charge in [0.15, 0.2) is 10.8 Å². The Hall–Kier alpha value is -3.18. The highest BCUT2D eigenvalue weighted by atomic mass is 32.2. The number of hydrogen-bond donors (Lipinski definition) is 2. The van der Waals surface area contributed by atoms with Crippen LogP contribution in [0.1, 0.15) is 25.8 Å². The van der Waals surface area contributed by atoms with Crippen LogP contribution in [0, 0.1) is 12.8 Å². The zero-order valence-electron chi connectivity index (χ0n) is 21.0. The number of rotatable bonds is 12. The number of benzene rings is 1. The van der Waals surface area contributed by atoms with Crippen LogP contribution in [0.25, 0.3) is 11.0 Å². The van der Waals surface area contributed by atoms with Gasteiger partial charge in [0.1, 0.15) is 5.82 Å². The zero-order chi connectivity index (χ0) is 25.5. The standard InChI is InChI=1S/C25H33N7O3S/c1-4-35-13-11-26-22-20-15-28-32(23(20)30-25(29-22)36-5-2)12-10-27-24(34)18-14-21(33)31(16-18)19-8-6-17(3)7-9-19/h6-9,15,18H,4-5,10-14,16H2,1-3H3,(H,27,34)(H,26,29,30). The molecule has 4 rings (SSSR count). The second kappa shape index (κ2) is 12.2. The molecule has 3 aromatic rings. The molecule has 2 N–H and O–H groups in total. The molecule has 1 aliphatic rings. The summed E-state index contributed by atoms with van der Waals surface area (Å²) in [6.07, 6.45) is 1.96. The van der Waals surface area contributed by atoms with Crippen LogP contribution in [0.2, 0.25) is 0 Å². The van der Waals surface area contributed by atoms with Gasteiger partial charge in [-0.15, -0.1) is 0 Å². The highest BCUT2D eigenvalue weighted by molar-refractivity contribution is 7.99. The minimum atomic E-state index is -0.371. The van der Waals surface area contributed by atoms with Gasteiger partial charge in [-0.3, -0.25) is 9.59 Å². The van der Waals surface area contributed by atoms with Gasteiger partial charge in [0.05, 0.1) is 30.7 Å². The fourth-order valence-corrected chi connectivity index (χ4v) is 4.67. The summed E-state index contributed by atoms with van der Waals surface area (Å²) in [5, 5.41) is 12.3. The van der Waals surface area contributed by atoms with Gasteiger partial charge in [0, 0.05) is 38.3 Å². The number of amides is 2. The summed E-state index contributed by atoms with van der Waals surface area (Å²) < 4.78 is 7.20. The minimum absolute atomic E-state index is 0.0286. The molecule has 192 valence electrons. The molecule has 0 saturated carbocycles. The van der Waals surface area contributed by atoms with Gasteiger partial charge >= 0.3 is 0 Å². The molecule has 1 atom stereocenters. The number of carbonyl (C=O) groups is 2. The quantitative estimate of drug-likeness (QED) is 0.217. The molecule has 10 nitrogen and oxygen atoms in total. The van der Waals surface area contributed by atoms with E-state index in [0.717, 1.165) is 33.9 Å². The first-order valence-corrected chi connectivity index (χ1v) is 13.3. The summed E-state index contributed by atoms with van der Waals surface area (Å²) in [5.41, 5.74) is 2.68. The lowest BCUT2D eigenvalue weighted by molar-refractivity contribution is -0.126. The maximum absolute atomic E-state index is 12.8. The van der Waals surface area contributed by atoms with Crippen LogP contribution in [0.15, 0.2) is 35.6 Å². The molecule has 11 heteroatoms. The first-order chi connectivity index (χ1) is 17.5. The van der Waals surface area contributed by atoms with E-state index in [9.17, 15) is 9.59 Å². The van der Waals surface area contributed by atoms with E-state index in [2.05, 4.69) is 32.6 Å². The average Bonchev–Trinajstić information content (AvgIpc) is 3.46. The van der Waals surface area contributed by atoms with Gasteiger partial charge in [-0.1, -0.05) is 36.4 Å². The summed E-state index contributed by atoms with van der Waals surface area (Å²) in [7, 11) is 0. The number of aryl methyl sites for hydroxylation is 1. The second-order valence-corrected chi connectivity index (χ2v) is 9.78. The Balaban J connectivity index is 1.37. The highest BCUT2D eigenvalue weighted by Gasteiger charge is 2.34. The SMILES string of the molecule is CCOCCNc1nc(SCC)nc2c1cnn2CCNC(=O)C1CC(=O)N(c2ccc(C)cc2)C1. The molecule has 0 bridgehead atoms. The zero-order valence-corrected chi connectivity index (χ0v) is 21.8. The number of fused-ring (bicyclic) bond motifs is 1. The lowest BCUT2D eigenvalue weighted by atomic mass is 10.1. The Kier molecular flexibility index (Phi) is 8.76. The van der Waals surface area contributed by atoms with Crippen molar-refractivity contribution < 1.29 is 14.3 Å². The summed E-state index contributed by atoms with van der Waals surface area (Å²) in [5.74, 6) is 1.06. The molecule has 2 aromatic heterocycles. The predicted molar refractivity (Wildman–Crippen MR) is 141 cm³/mol. The number of nitrogens with zero attached hydrogens (tertiary/aromatic N) is 5. The van der Waals surface area contributed by atoms with E-state index in [1.165, 1.54) is 0 Å². The third-order valence-electron chi connectivity index (χ3n) is 5.96. The van der Waals surface area contributed by atoms with Gasteiger partial charge in [0.2, 0.25) is 11.8 Å². The van der Waals surface area contributed by atoms with E-state index in [1.54, 1.807) is 27.5 Å². The molecule has 3 heterocycles. The van der Waals surface area contributed by atoms with Gasteiger partial charge in [-0.25, -0.2) is 14.6 Å². The molecular formula is C25H33N7O3S. The molecule has 1 aliphatic heterocycles. The van der Waals surface area contributed by atoms with Gasteiger partial charge in [-0.05, 0) is 31.7 Å². The highest BCUT2D eigenvalue weighted by Crippen LogP contribution is 2.26. The molecule has 0 radical (unpaired) electrons. The third-order valence-corrected chi connectivity index (χ3v) is 6.69. The van der Waals surface area contributed by atoms with E-state index in [-0.39, 0.29) is 24.2 Å². The Morgan fingerprint density at radius 3 is 2.75 bits per heavy atom. The third kappa shape index (κ3) is 6.14. The number of aromatic nitrogens is 4. The molecule has 1 saturated heterocycles. The van der Waals surface area contributed by atoms with Crippen LogP contribution in [-0.4, -0.2) is 70.2 Å². The van der Waals surface area contributed by atoms with Crippen molar-refractivity contribution in [2.75, 3.05) is 48.8 Å². The molecule has 0 aliphatic carbocycles. The van der Waals surface area contributed by atoms with Crippen molar-refractivity contribution in [1.29, 1.82) is 0 Å². The molecule has 1 aromatic carbocycles. The Morgan fingerprint density at radius 2 is 2.00 bits per heavy atom. The van der Waals surface area contributed by atoms with E-state index in [1.807, 2.05) is 38.1 Å². The van der Waals surface area contributed by atoms with Gasteiger partial charge in [-0.2, -0.15) is 5.10 Å². The number of anilines is 2. The summed E-state index contributed by atoms with van der Waals surface area (Å²) >= 11 is 1.56. The van der Waals surface area contributed by atoms with Crippen molar-refractivity contribution in [3.05, 3.63) is 36.0 Å². The van der Waals surface area contributed by atoms with E-state index < -0.39 is 0 Å². The smallest absolute Gasteiger partial charge is 0.227 e. The molecule has 0 spiro atoms. The first-order valence-electron chi connectivity index (χ1n) is 12.3. The monoisotopic (exact) mass is 511 g/mol. The van der Waals surface area contributed by atoms with E-state index in [4.69, 9.17) is 4.74 Å². The number of ether oxygens (including phenoxy) is 1. The lowest BCUT2D eigenvalue weighted by Gasteiger charge is -2.17. The molecule has 36 heavy (non-hydrogen) atoms. The van der Waals surface area contributed by atoms with Crippen molar-refractivity contribution in [2.45, 2.75) is 38.9 Å². The van der Waals surface area contributed by atoms with E-state index >= 15 is 0 Å². The van der Waals surface area contributed by atoms with Crippen LogP contribution >= 0.6 is 11.8 Å². The Morgan fingerprint density at radius 1 is 1.19 bits per heavy atom. The van der Waals surface area contributed by atoms with Crippen LogP contribution in [0.4, 0.5) is 11.5 Å². The van der Waals surface area contributed by atoms with Crippen molar-refractivity contribution in [1.82, 2.24) is 25.1 Å². The number of carbonyl (C=O) groups excluding carboxylic acids is 2. The van der Waals surface area contributed by atoms with E-state index in [0.29, 0.717) is 44.5 Å². The van der Waals surface area contributed by atoms with Crippen molar-refractivity contribution >= 4 is 46.1 Å². The average molecular weight is 512 g/mol. The fraction of sp³-hybridized carbons (Fsp3) is 0.480. The number of nitrogens with one attached hydrogen (secondary N) is 2. The minimum Gasteiger partial charge on any atom is -0.380 e. The van der Waals surface area contributed by atoms with Crippen molar-refractivity contribution in [2.24, 2.45) is 5.92 Å². The Bertz CT molecular complexity index is 1200. The van der Waals surface area contributed by atoms with Crippen LogP contribution in [0.3, 0.4) is 0 Å². The predicted octanol–water partition coefficient (Wildman–Crippen LogP) is 2.86. The van der Waals surface area contributed by atoms with Gasteiger partial charge in [0.25, 0.3) is 0 Å². The fourth-order valence-electron chi connectivity index (χ4n) is 4.10. The number of hydrogen-bond acceptors (Lipinski definition) is 8. The summed E-state index contributed by atoms with van der Waals surface area (Å²) in [6.45, 7) is 9.15. The second-order valence-electron chi connectivity index (χ2n) is 8.55. The maximum Gasteiger partial charge on any atom is 0.227 e. The lowest BCUT2D eigenvalue weighted by Crippen LogP contribution is -2.35. The van der Waals surface area contributed by atoms with Crippen LogP contribution in [-0.2, 0) is 20.9 Å². The molecule has 2 amide bonds. The summed E-state index contributed by atoms with van der Waals surface area (Å²) in [4.78, 5) is 36.3. The largest absolute Gasteiger partial charge is 0.380 e. The molecular weight excluding hydrogens is 478 g/mol. The maximum atomic E-state index is 12.8. The van der Waals surface area contributed by atoms with Crippen molar-refractivity contribution in [3.8, 4) is 0 Å². The van der Waals surface area contributed by atoms with Crippen molar-refractivity contribution in [3.63, 3.8) is 0 Å². The molecule has 1 fully saturated rings. The summed E-state index contributed by atoms with van der Waals surface area (Å²) in [6, 6.07) is 7.78. The van der Waals surface area contributed by atoms with Crippen LogP contribution in [0.5, 0.6) is 0 Å². The topological polar surface area (TPSA) is 114 Å². The normalized spacial score (nSPS) is 15.6. The number of thioether (sulfide) groups is 1. The first kappa shape index (κ1) is 25.9. The molecule has 1 unspecified atom stereocenters. The van der Waals surface area contributed by atoms with Gasteiger partial charge < -0.3 is 20.3 Å².